The number of aliphatic hydroxyl groups is 1. The van der Waals surface area contributed by atoms with Crippen LogP contribution in [0.3, 0.4) is 0 Å². The van der Waals surface area contributed by atoms with Crippen LogP contribution in [0, 0.1) is 5.41 Å². The van der Waals surface area contributed by atoms with Crippen molar-refractivity contribution in [2.75, 3.05) is 33.4 Å². The zero-order valence-electron chi connectivity index (χ0n) is 11.2. The number of nitrogens with zero attached hydrogens (tertiary/aromatic N) is 1. The second kappa shape index (κ2) is 7.28. The molecule has 0 radical (unpaired) electrons. The van der Waals surface area contributed by atoms with Crippen molar-refractivity contribution in [3.63, 3.8) is 0 Å². The highest BCUT2D eigenvalue weighted by Gasteiger charge is 2.25. The minimum Gasteiger partial charge on any atom is -0.400 e. The van der Waals surface area contributed by atoms with Crippen LogP contribution in [-0.2, 0) is 9.53 Å². The van der Waals surface area contributed by atoms with Gasteiger partial charge in [-0.25, -0.2) is 0 Å². The van der Waals surface area contributed by atoms with Gasteiger partial charge < -0.3 is 14.7 Å². The lowest BCUT2D eigenvalue weighted by Crippen LogP contribution is -2.44. The van der Waals surface area contributed by atoms with Crippen LogP contribution >= 0.6 is 0 Å². The predicted octanol–water partition coefficient (Wildman–Crippen LogP) is 0.974. The van der Waals surface area contributed by atoms with Gasteiger partial charge in [-0.05, 0) is 31.8 Å². The molecule has 0 aromatic heterocycles. The Morgan fingerprint density at radius 1 is 1.28 bits per heavy atom. The third-order valence-electron chi connectivity index (χ3n) is 3.31. The zero-order chi connectivity index (χ0) is 13.5. The first-order valence-corrected chi connectivity index (χ1v) is 6.29. The van der Waals surface area contributed by atoms with E-state index < -0.39 is 0 Å². The largest absolute Gasteiger partial charge is 0.400 e. The maximum atomic E-state index is 12.0. The van der Waals surface area contributed by atoms with E-state index in [0.29, 0.717) is 26.3 Å². The third-order valence-corrected chi connectivity index (χ3v) is 3.31. The Kier molecular flexibility index (Phi) is 6.01. The number of hydrogen-bond donors (Lipinski definition) is 2. The summed E-state index contributed by atoms with van der Waals surface area (Å²) < 4.78 is 5.20. The number of rotatable bonds is 2. The van der Waals surface area contributed by atoms with Gasteiger partial charge in [0.2, 0.25) is 0 Å². The molecule has 0 atom stereocenters. The van der Waals surface area contributed by atoms with E-state index in [1.807, 2.05) is 6.92 Å². The summed E-state index contributed by atoms with van der Waals surface area (Å²) in [7, 11) is 1.00. The molecule has 0 bridgehead atoms. The summed E-state index contributed by atoms with van der Waals surface area (Å²) in [5.41, 5.74) is 2.39. The Bertz CT molecular complexity index is 344. The van der Waals surface area contributed by atoms with Crippen molar-refractivity contribution in [1.82, 2.24) is 4.90 Å². The third kappa shape index (κ3) is 3.40. The lowest BCUT2D eigenvalue weighted by Gasteiger charge is -2.27. The van der Waals surface area contributed by atoms with E-state index in [1.165, 1.54) is 5.57 Å². The van der Waals surface area contributed by atoms with Gasteiger partial charge in [0.1, 0.15) is 5.71 Å². The number of ether oxygens (including phenoxy) is 1. The van der Waals surface area contributed by atoms with Gasteiger partial charge in [-0.1, -0.05) is 5.57 Å². The van der Waals surface area contributed by atoms with E-state index in [-0.39, 0.29) is 11.6 Å². The molecule has 1 aliphatic heterocycles. The molecule has 2 rings (SSSR count). The van der Waals surface area contributed by atoms with E-state index in [4.69, 9.17) is 15.3 Å². The van der Waals surface area contributed by atoms with Gasteiger partial charge >= 0.3 is 0 Å². The number of hydrogen-bond acceptors (Lipinski definition) is 4. The molecule has 1 heterocycles. The quantitative estimate of drug-likeness (QED) is 0.721. The number of allylic oxidation sites excluding steroid dienone is 1. The lowest BCUT2D eigenvalue weighted by molar-refractivity contribution is -0.128. The Labute approximate surface area is 108 Å². The molecule has 18 heavy (non-hydrogen) atoms. The minimum atomic E-state index is -0.125. The first-order chi connectivity index (χ1) is 8.70. The van der Waals surface area contributed by atoms with E-state index in [2.05, 4.69) is 0 Å². The van der Waals surface area contributed by atoms with Gasteiger partial charge in [0.15, 0.2) is 0 Å². The summed E-state index contributed by atoms with van der Waals surface area (Å²) in [6, 6.07) is 0. The monoisotopic (exact) mass is 254 g/mol. The smallest absolute Gasteiger partial charge is 0.272 e. The normalized spacial score (nSPS) is 19.4. The maximum absolute atomic E-state index is 12.0. The van der Waals surface area contributed by atoms with Gasteiger partial charge in [0, 0.05) is 20.2 Å². The fraction of sp³-hybridized carbons (Fsp3) is 0.692. The molecule has 2 N–H and O–H groups in total. The number of aliphatic hydroxyl groups excluding tert-OH is 1. The Hall–Kier alpha value is -1.20. The molecule has 0 aromatic rings. The SMILES string of the molecule is CC1=C(C(=N)C(=O)N2CCOCC2)CCC1.CO. The molecule has 0 aromatic carbocycles. The summed E-state index contributed by atoms with van der Waals surface area (Å²) in [5, 5.41) is 15.0. The molecule has 1 saturated heterocycles. The summed E-state index contributed by atoms with van der Waals surface area (Å²) in [6.07, 6.45) is 3.01. The van der Waals surface area contributed by atoms with Crippen LogP contribution in [0.1, 0.15) is 26.2 Å². The highest BCUT2D eigenvalue weighted by atomic mass is 16.5. The Balaban J connectivity index is 0.000000771. The average molecular weight is 254 g/mol. The van der Waals surface area contributed by atoms with Crippen LogP contribution in [-0.4, -0.2) is 55.0 Å². The van der Waals surface area contributed by atoms with Gasteiger partial charge in [-0.2, -0.15) is 0 Å². The van der Waals surface area contributed by atoms with Gasteiger partial charge in [-0.15, -0.1) is 0 Å². The molecule has 5 nitrogen and oxygen atoms in total. The number of carbonyl (C=O) groups is 1. The molecule has 0 saturated carbocycles. The van der Waals surface area contributed by atoms with Crippen LogP contribution < -0.4 is 0 Å². The van der Waals surface area contributed by atoms with Crippen LogP contribution in [0.5, 0.6) is 0 Å². The highest BCUT2D eigenvalue weighted by Crippen LogP contribution is 2.26. The van der Waals surface area contributed by atoms with Crippen molar-refractivity contribution >= 4 is 11.6 Å². The van der Waals surface area contributed by atoms with E-state index in [1.54, 1.807) is 4.90 Å². The fourth-order valence-corrected chi connectivity index (χ4v) is 2.29. The van der Waals surface area contributed by atoms with Crippen molar-refractivity contribution < 1.29 is 14.6 Å². The highest BCUT2D eigenvalue weighted by molar-refractivity contribution is 6.44. The van der Waals surface area contributed by atoms with Gasteiger partial charge in [-0.3, -0.25) is 10.2 Å². The van der Waals surface area contributed by atoms with Crippen molar-refractivity contribution in [1.29, 1.82) is 5.41 Å². The van der Waals surface area contributed by atoms with Crippen LogP contribution in [0.2, 0.25) is 0 Å². The maximum Gasteiger partial charge on any atom is 0.272 e. The van der Waals surface area contributed by atoms with E-state index in [0.717, 1.165) is 31.9 Å². The molecule has 1 fully saturated rings. The molecular formula is C13H22N2O3. The fourth-order valence-electron chi connectivity index (χ4n) is 2.29. The first kappa shape index (κ1) is 14.9. The number of carbonyl (C=O) groups excluding carboxylic acids is 1. The van der Waals surface area contributed by atoms with Crippen LogP contribution in [0.25, 0.3) is 0 Å². The summed E-state index contributed by atoms with van der Waals surface area (Å²) in [5.74, 6) is -0.125. The van der Waals surface area contributed by atoms with Crippen molar-refractivity contribution in [3.05, 3.63) is 11.1 Å². The standard InChI is InChI=1S/C12H18N2O2.CH4O/c1-9-3-2-4-10(9)11(13)12(15)14-5-7-16-8-6-14;1-2/h13H,2-8H2,1H3;2H,1H3. The molecule has 0 unspecified atom stereocenters. The first-order valence-electron chi connectivity index (χ1n) is 6.29. The Morgan fingerprint density at radius 3 is 2.39 bits per heavy atom. The average Bonchev–Trinajstić information content (AvgIpc) is 2.86. The van der Waals surface area contributed by atoms with Gasteiger partial charge in [0.05, 0.1) is 13.2 Å². The summed E-state index contributed by atoms with van der Waals surface area (Å²) in [4.78, 5) is 13.8. The molecule has 1 aliphatic carbocycles. The minimum absolute atomic E-state index is 0.125. The molecule has 2 aliphatic rings. The second-order valence-corrected chi connectivity index (χ2v) is 4.39. The topological polar surface area (TPSA) is 73.6 Å². The second-order valence-electron chi connectivity index (χ2n) is 4.39. The summed E-state index contributed by atoms with van der Waals surface area (Å²) >= 11 is 0. The lowest BCUT2D eigenvalue weighted by atomic mass is 10.1. The van der Waals surface area contributed by atoms with E-state index >= 15 is 0 Å². The van der Waals surface area contributed by atoms with Gasteiger partial charge in [0.25, 0.3) is 5.91 Å². The molecule has 102 valence electrons. The predicted molar refractivity (Wildman–Crippen MR) is 69.8 cm³/mol. The number of amides is 1. The molecule has 5 heteroatoms. The van der Waals surface area contributed by atoms with Crippen LogP contribution in [0.15, 0.2) is 11.1 Å². The van der Waals surface area contributed by atoms with E-state index in [9.17, 15) is 4.79 Å². The molecular weight excluding hydrogens is 232 g/mol. The van der Waals surface area contributed by atoms with Crippen molar-refractivity contribution in [3.8, 4) is 0 Å². The summed E-state index contributed by atoms with van der Waals surface area (Å²) in [6.45, 7) is 4.46. The Morgan fingerprint density at radius 2 is 1.89 bits per heavy atom. The van der Waals surface area contributed by atoms with Crippen molar-refractivity contribution in [2.24, 2.45) is 0 Å². The molecule has 0 spiro atoms. The number of nitrogens with one attached hydrogen (secondary N) is 1. The van der Waals surface area contributed by atoms with Crippen molar-refractivity contribution in [2.45, 2.75) is 26.2 Å². The molecule has 1 amide bonds. The zero-order valence-corrected chi connectivity index (χ0v) is 11.2. The van der Waals surface area contributed by atoms with Crippen LogP contribution in [0.4, 0.5) is 0 Å². The number of morpholine rings is 1.